The number of rotatable bonds is 10. The van der Waals surface area contributed by atoms with Gasteiger partial charge in [-0.2, -0.15) is 0 Å². The molecular weight excluding hydrogens is 946 g/mol. The first kappa shape index (κ1) is 53.9. The normalized spacial score (nSPS) is 16.6. The minimum Gasteiger partial charge on any atom is -0.313 e. The lowest BCUT2D eigenvalue weighted by molar-refractivity contribution is 0.586. The van der Waals surface area contributed by atoms with Gasteiger partial charge in [0.25, 0.3) is 0 Å². The van der Waals surface area contributed by atoms with Crippen molar-refractivity contribution < 1.29 is 0 Å². The topological polar surface area (TPSA) is 4.93 Å². The van der Waals surface area contributed by atoms with Crippen LogP contribution in [0.15, 0.2) is 234 Å². The van der Waals surface area contributed by atoms with Crippen molar-refractivity contribution in [2.45, 2.75) is 142 Å². The van der Waals surface area contributed by atoms with Crippen molar-refractivity contribution in [1.82, 2.24) is 4.57 Å². The van der Waals surface area contributed by atoms with Gasteiger partial charge >= 0.3 is 0 Å². The third-order valence-corrected chi connectivity index (χ3v) is 19.3. The maximum absolute atomic E-state index is 2.55. The fourth-order valence-corrected chi connectivity index (χ4v) is 14.5. The van der Waals surface area contributed by atoms with Crippen LogP contribution in [0, 0.1) is 5.92 Å². The predicted molar refractivity (Wildman–Crippen MR) is 338 cm³/mol. The second kappa shape index (κ2) is 22.4. The molecule has 0 spiro atoms. The van der Waals surface area contributed by atoms with Crippen LogP contribution in [-0.2, 0) is 21.7 Å². The fraction of sp³-hybridized carbons (Fsp3) is 0.307. The Bertz CT molecular complexity index is 3310. The van der Waals surface area contributed by atoms with Gasteiger partial charge in [-0.15, -0.1) is 0 Å². The number of hydrogen-bond donors (Lipinski definition) is 0. The fourth-order valence-electron chi connectivity index (χ4n) is 12.1. The average molecular weight is 1030 g/mol. The number of fused-ring (bicyclic) bond motifs is 3. The summed E-state index contributed by atoms with van der Waals surface area (Å²) >= 11 is 0. The molecule has 1 heterocycles. The minimum atomic E-state index is -0.609. The lowest BCUT2D eigenvalue weighted by Crippen LogP contribution is -2.26. The van der Waals surface area contributed by atoms with Gasteiger partial charge < -0.3 is 4.57 Å². The number of hydrogen-bond acceptors (Lipinski definition) is 0. The van der Waals surface area contributed by atoms with Crippen molar-refractivity contribution in [2.75, 3.05) is 0 Å². The molecule has 392 valence electrons. The van der Waals surface area contributed by atoms with Crippen LogP contribution in [0.25, 0.3) is 27.5 Å². The number of allylic oxidation sites excluding steroid dienone is 16. The van der Waals surface area contributed by atoms with E-state index in [1.807, 2.05) is 0 Å². The largest absolute Gasteiger partial charge is 0.313 e. The van der Waals surface area contributed by atoms with Crippen LogP contribution >= 0.6 is 7.92 Å². The quantitative estimate of drug-likeness (QED) is 0.0950. The van der Waals surface area contributed by atoms with Crippen LogP contribution in [-0.4, -0.2) is 4.57 Å². The summed E-state index contributed by atoms with van der Waals surface area (Å²) in [4.78, 5) is 0. The molecule has 0 aliphatic heterocycles. The molecule has 77 heavy (non-hydrogen) atoms. The Labute approximate surface area is 464 Å². The van der Waals surface area contributed by atoms with Crippen LogP contribution in [0.2, 0.25) is 0 Å². The van der Waals surface area contributed by atoms with Gasteiger partial charge in [-0.25, -0.2) is 0 Å². The van der Waals surface area contributed by atoms with Gasteiger partial charge in [-0.3, -0.25) is 0 Å². The number of para-hydroxylation sites is 1. The van der Waals surface area contributed by atoms with E-state index in [1.165, 1.54) is 89.6 Å². The molecule has 0 amide bonds. The Morgan fingerprint density at radius 2 is 0.896 bits per heavy atom. The van der Waals surface area contributed by atoms with E-state index in [-0.39, 0.29) is 21.7 Å². The Hall–Kier alpha value is -6.53. The molecule has 0 saturated carbocycles. The van der Waals surface area contributed by atoms with E-state index in [9.17, 15) is 0 Å². The summed E-state index contributed by atoms with van der Waals surface area (Å²) in [6.45, 7) is 22.9. The monoisotopic (exact) mass is 1030 g/mol. The number of benzene rings is 6. The summed E-state index contributed by atoms with van der Waals surface area (Å²) < 4.78 is 2.55. The van der Waals surface area contributed by atoms with Crippen LogP contribution in [0.3, 0.4) is 0 Å². The van der Waals surface area contributed by atoms with E-state index in [4.69, 9.17) is 0 Å². The molecule has 0 fully saturated rings. The van der Waals surface area contributed by atoms with E-state index < -0.39 is 7.92 Å². The van der Waals surface area contributed by atoms with Crippen LogP contribution < -0.4 is 10.6 Å². The molecule has 7 aromatic rings. The van der Waals surface area contributed by atoms with E-state index in [1.54, 1.807) is 16.7 Å². The zero-order valence-corrected chi connectivity index (χ0v) is 48.7. The molecule has 4 aliphatic carbocycles. The van der Waals surface area contributed by atoms with E-state index in [2.05, 4.69) is 286 Å². The molecular formula is C75H82NP. The highest BCUT2D eigenvalue weighted by molar-refractivity contribution is 7.77. The first-order chi connectivity index (χ1) is 37.0. The molecule has 0 radical (unpaired) electrons. The summed E-state index contributed by atoms with van der Waals surface area (Å²) in [7, 11) is -0.609. The highest BCUT2D eigenvalue weighted by Crippen LogP contribution is 2.48. The second-order valence-electron chi connectivity index (χ2n) is 25.2. The molecule has 1 atom stereocenters. The van der Waals surface area contributed by atoms with Crippen LogP contribution in [0.4, 0.5) is 0 Å². The molecule has 0 bridgehead atoms. The molecule has 1 unspecified atom stereocenters. The van der Waals surface area contributed by atoms with Crippen molar-refractivity contribution in [3.63, 3.8) is 0 Å². The van der Waals surface area contributed by atoms with Crippen LogP contribution in [0.1, 0.15) is 154 Å². The SMILES string of the molecule is C1=CCCC(C(C2=CC=CCC2)C2=CC=C(n3c4ccccc4c4cc(P(C5=CCCC=C5)c5ccccc5)ccc43)CC2)=C1.CC(C)(C)c1ccc(C(C)(c2ccc(C(C)(C)C)cc2)c2ccc(C(C)(C)C)cc2)cc1. The molecule has 4 aliphatic rings. The van der Waals surface area contributed by atoms with E-state index >= 15 is 0 Å². The van der Waals surface area contributed by atoms with Crippen molar-refractivity contribution in [1.29, 1.82) is 0 Å². The summed E-state index contributed by atoms with van der Waals surface area (Å²) in [5.74, 6) is 0.443. The lowest BCUT2D eigenvalue weighted by atomic mass is 9.69. The summed E-state index contributed by atoms with van der Waals surface area (Å²) in [6.07, 6.45) is 35.1. The van der Waals surface area contributed by atoms with Gasteiger partial charge in [0.05, 0.1) is 11.0 Å². The maximum Gasteiger partial charge on any atom is 0.0538 e. The standard InChI is InChI=1S/C43H40NP.C32H42/c1-5-15-32(16-6-1)43(33-17-7-2-8-18-33)34-25-27-35(28-26-34)44-41-24-14-13-23-39(41)40-31-38(29-30-42(40)44)45(36-19-9-3-10-20-36)37-21-11-4-12-22-37;1-29(2,3)23-11-17-26(18-12-23)32(10,27-19-13-24(14-20-27)30(4,5)6)28-21-15-25(16-22-28)31(7,8)9/h1-3,5,7,9-11,13-15,17,19-25,27,29-31,43H,4,6,8,12,16,18,26,28H2;11-22H,1-10H3. The lowest BCUT2D eigenvalue weighted by Gasteiger charge is -2.34. The molecule has 1 aromatic heterocycles. The first-order valence-corrected chi connectivity index (χ1v) is 30.0. The smallest absolute Gasteiger partial charge is 0.0538 e. The third kappa shape index (κ3) is 11.5. The van der Waals surface area contributed by atoms with Crippen molar-refractivity contribution >= 4 is 46.0 Å². The van der Waals surface area contributed by atoms with Crippen molar-refractivity contribution in [3.05, 3.63) is 268 Å². The Kier molecular flexibility index (Phi) is 15.7. The summed E-state index contributed by atoms with van der Waals surface area (Å²) in [6, 6.07) is 55.3. The van der Waals surface area contributed by atoms with Gasteiger partial charge in [0.1, 0.15) is 0 Å². The zero-order valence-electron chi connectivity index (χ0n) is 47.8. The van der Waals surface area contributed by atoms with Crippen molar-refractivity contribution in [3.8, 4) is 0 Å². The van der Waals surface area contributed by atoms with Crippen molar-refractivity contribution in [2.24, 2.45) is 5.92 Å². The Balaban J connectivity index is 0.000000186. The minimum absolute atomic E-state index is 0.150. The predicted octanol–water partition coefficient (Wildman–Crippen LogP) is 20.1. The van der Waals surface area contributed by atoms with Gasteiger partial charge in [-0.1, -0.05) is 267 Å². The molecule has 2 heteroatoms. The van der Waals surface area contributed by atoms with E-state index in [0.29, 0.717) is 5.92 Å². The molecule has 6 aromatic carbocycles. The molecule has 0 N–H and O–H groups in total. The number of nitrogens with zero attached hydrogens (tertiary/aromatic N) is 1. The van der Waals surface area contributed by atoms with E-state index in [0.717, 1.165) is 38.5 Å². The van der Waals surface area contributed by atoms with Gasteiger partial charge in [-0.05, 0) is 156 Å². The Morgan fingerprint density at radius 1 is 0.403 bits per heavy atom. The highest BCUT2D eigenvalue weighted by atomic mass is 31.1. The number of aromatic nitrogens is 1. The highest BCUT2D eigenvalue weighted by Gasteiger charge is 2.33. The zero-order chi connectivity index (χ0) is 54.0. The first-order valence-electron chi connectivity index (χ1n) is 28.7. The van der Waals surface area contributed by atoms with Gasteiger partial charge in [0.15, 0.2) is 0 Å². The molecule has 1 nitrogen and oxygen atoms in total. The molecule has 0 saturated heterocycles. The summed E-state index contributed by atoms with van der Waals surface area (Å²) in [5, 5.41) is 7.02. The maximum atomic E-state index is 2.55. The summed E-state index contributed by atoms with van der Waals surface area (Å²) in [5.41, 5.74) is 17.1. The average Bonchev–Trinajstić information content (AvgIpc) is 3.81. The second-order valence-corrected chi connectivity index (χ2v) is 27.4. The van der Waals surface area contributed by atoms with Gasteiger partial charge in [0, 0.05) is 27.8 Å². The van der Waals surface area contributed by atoms with Gasteiger partial charge in [0.2, 0.25) is 0 Å². The molecule has 11 rings (SSSR count). The Morgan fingerprint density at radius 3 is 1.36 bits per heavy atom. The van der Waals surface area contributed by atoms with Crippen LogP contribution in [0.5, 0.6) is 0 Å². The third-order valence-electron chi connectivity index (χ3n) is 16.8.